The Kier molecular flexibility index (Phi) is 10.6. The second-order valence-corrected chi connectivity index (χ2v) is 9.55. The summed E-state index contributed by atoms with van der Waals surface area (Å²) in [7, 11) is 0. The molecule has 0 heterocycles. The Morgan fingerprint density at radius 2 is 1.59 bits per heavy atom. The first kappa shape index (κ1) is 26.4. The summed E-state index contributed by atoms with van der Waals surface area (Å²) in [6.45, 7) is 4.67. The summed E-state index contributed by atoms with van der Waals surface area (Å²) in [5, 5.41) is 0. The minimum atomic E-state index is -2.87. The molecule has 0 unspecified atom stereocenters. The summed E-state index contributed by atoms with van der Waals surface area (Å²) in [6, 6.07) is 10.1. The van der Waals surface area contributed by atoms with Gasteiger partial charge in [-0.05, 0) is 54.9 Å². The lowest BCUT2D eigenvalue weighted by molar-refractivity contribution is 0.146. The smallest absolute Gasteiger partial charge is 0.267 e. The van der Waals surface area contributed by atoms with Crippen molar-refractivity contribution in [3.05, 3.63) is 59.4 Å². The number of halogens is 3. The molecule has 2 aromatic rings. The molecule has 3 rings (SSSR count). The SMILES string of the molecule is CCCCCC1CCC(CCC=Cc2ccc(-c3ccc(OCC)cc3)c(F)c2C(F)F)CC1. The van der Waals surface area contributed by atoms with Crippen LogP contribution >= 0.6 is 0 Å². The number of allylic oxidation sites excluding steroid dienone is 1. The van der Waals surface area contributed by atoms with Crippen LogP contribution in [0.4, 0.5) is 13.2 Å². The van der Waals surface area contributed by atoms with Gasteiger partial charge in [0.2, 0.25) is 0 Å². The van der Waals surface area contributed by atoms with Crippen molar-refractivity contribution in [1.29, 1.82) is 0 Å². The van der Waals surface area contributed by atoms with E-state index in [9.17, 15) is 8.78 Å². The van der Waals surface area contributed by atoms with E-state index in [1.54, 1.807) is 42.5 Å². The molecule has 1 aliphatic rings. The minimum absolute atomic E-state index is 0.186. The molecule has 4 heteroatoms. The van der Waals surface area contributed by atoms with Gasteiger partial charge in [-0.2, -0.15) is 0 Å². The van der Waals surface area contributed by atoms with E-state index in [-0.39, 0.29) is 11.1 Å². The van der Waals surface area contributed by atoms with Gasteiger partial charge in [0, 0.05) is 5.56 Å². The van der Waals surface area contributed by atoms with Gasteiger partial charge in [0.15, 0.2) is 0 Å². The van der Waals surface area contributed by atoms with E-state index in [2.05, 4.69) is 6.92 Å². The Balaban J connectivity index is 1.59. The highest BCUT2D eigenvalue weighted by Gasteiger charge is 2.22. The Bertz CT molecular complexity index is 896. The molecule has 1 aliphatic carbocycles. The van der Waals surface area contributed by atoms with Crippen LogP contribution in [-0.4, -0.2) is 6.61 Å². The third kappa shape index (κ3) is 7.38. The van der Waals surface area contributed by atoms with Crippen LogP contribution in [0.25, 0.3) is 17.2 Å². The van der Waals surface area contributed by atoms with Gasteiger partial charge < -0.3 is 4.74 Å². The topological polar surface area (TPSA) is 9.23 Å². The molecule has 1 fully saturated rings. The number of ether oxygens (including phenoxy) is 1. The number of alkyl halides is 2. The maximum atomic E-state index is 15.1. The largest absolute Gasteiger partial charge is 0.494 e. The first-order chi connectivity index (χ1) is 16.5. The molecule has 0 bridgehead atoms. The lowest BCUT2D eigenvalue weighted by atomic mass is 9.78. The van der Waals surface area contributed by atoms with Gasteiger partial charge in [-0.15, -0.1) is 0 Å². The fourth-order valence-electron chi connectivity index (χ4n) is 5.13. The van der Waals surface area contributed by atoms with Gasteiger partial charge in [-0.25, -0.2) is 13.2 Å². The fraction of sp³-hybridized carbons (Fsp3) is 0.533. The Hall–Kier alpha value is -2.23. The lowest BCUT2D eigenvalue weighted by Gasteiger charge is -2.28. The Morgan fingerprint density at radius 1 is 0.912 bits per heavy atom. The molecule has 0 aliphatic heterocycles. The number of hydrogen-bond donors (Lipinski definition) is 0. The van der Waals surface area contributed by atoms with Gasteiger partial charge >= 0.3 is 0 Å². The standard InChI is InChI=1S/C30H39F3O/c1-3-5-6-9-22-12-14-23(15-13-22)10-7-8-11-25-18-21-27(29(31)28(25)30(32)33)24-16-19-26(20-17-24)34-4-2/h8,11,16-23,30H,3-7,9-10,12-15H2,1-2H3. The molecule has 1 nitrogen and oxygen atoms in total. The predicted molar refractivity (Wildman–Crippen MR) is 136 cm³/mol. The maximum absolute atomic E-state index is 15.1. The molecule has 186 valence electrons. The highest BCUT2D eigenvalue weighted by Crippen LogP contribution is 2.36. The van der Waals surface area contributed by atoms with E-state index >= 15 is 4.39 Å². The second-order valence-electron chi connectivity index (χ2n) is 9.55. The average molecular weight is 473 g/mol. The first-order valence-corrected chi connectivity index (χ1v) is 13.0. The summed E-state index contributed by atoms with van der Waals surface area (Å²) in [5.74, 6) is 1.44. The maximum Gasteiger partial charge on any atom is 0.267 e. The summed E-state index contributed by atoms with van der Waals surface area (Å²) in [6.07, 6.45) is 13.2. The highest BCUT2D eigenvalue weighted by molar-refractivity contribution is 5.69. The first-order valence-electron chi connectivity index (χ1n) is 13.0. The van der Waals surface area contributed by atoms with Gasteiger partial charge in [-0.3, -0.25) is 0 Å². The van der Waals surface area contributed by atoms with E-state index in [1.807, 2.05) is 13.0 Å². The van der Waals surface area contributed by atoms with Crippen LogP contribution in [-0.2, 0) is 0 Å². The van der Waals surface area contributed by atoms with Gasteiger partial charge in [0.25, 0.3) is 6.43 Å². The summed E-state index contributed by atoms with van der Waals surface area (Å²) >= 11 is 0. The highest BCUT2D eigenvalue weighted by atomic mass is 19.3. The normalized spacial score (nSPS) is 18.6. The zero-order valence-electron chi connectivity index (χ0n) is 20.7. The van der Waals surface area contributed by atoms with Crippen molar-refractivity contribution in [2.45, 2.75) is 84.5 Å². The van der Waals surface area contributed by atoms with E-state index in [1.165, 1.54) is 51.4 Å². The molecule has 0 atom stereocenters. The second kappa shape index (κ2) is 13.6. The number of rotatable bonds is 12. The molecule has 34 heavy (non-hydrogen) atoms. The molecular weight excluding hydrogens is 433 g/mol. The van der Waals surface area contributed by atoms with Crippen LogP contribution in [0.3, 0.4) is 0 Å². The van der Waals surface area contributed by atoms with Crippen molar-refractivity contribution in [2.75, 3.05) is 6.61 Å². The van der Waals surface area contributed by atoms with Crippen LogP contribution in [0.2, 0.25) is 0 Å². The minimum Gasteiger partial charge on any atom is -0.494 e. The Labute approximate surface area is 203 Å². The molecule has 0 radical (unpaired) electrons. The van der Waals surface area contributed by atoms with Crippen molar-refractivity contribution in [2.24, 2.45) is 11.8 Å². The van der Waals surface area contributed by atoms with Crippen LogP contribution in [0.15, 0.2) is 42.5 Å². The third-order valence-electron chi connectivity index (χ3n) is 7.13. The van der Waals surface area contributed by atoms with Crippen molar-refractivity contribution in [3.8, 4) is 16.9 Å². The van der Waals surface area contributed by atoms with Crippen LogP contribution in [0.5, 0.6) is 5.75 Å². The zero-order chi connectivity index (χ0) is 24.3. The van der Waals surface area contributed by atoms with E-state index in [0.717, 1.165) is 24.7 Å². The fourth-order valence-corrected chi connectivity index (χ4v) is 5.13. The van der Waals surface area contributed by atoms with Gasteiger partial charge in [0.1, 0.15) is 11.6 Å². The molecule has 0 aromatic heterocycles. The van der Waals surface area contributed by atoms with Crippen molar-refractivity contribution >= 4 is 6.08 Å². The van der Waals surface area contributed by atoms with Crippen molar-refractivity contribution < 1.29 is 17.9 Å². The van der Waals surface area contributed by atoms with E-state index in [4.69, 9.17) is 4.74 Å². The zero-order valence-corrected chi connectivity index (χ0v) is 20.7. The molecule has 0 N–H and O–H groups in total. The quantitative estimate of drug-likeness (QED) is 0.279. The molecule has 0 saturated heterocycles. The molecular formula is C30H39F3O. The lowest BCUT2D eigenvalue weighted by Crippen LogP contribution is -2.14. The predicted octanol–water partition coefficient (Wildman–Crippen LogP) is 10.0. The number of benzene rings is 2. The Morgan fingerprint density at radius 3 is 2.21 bits per heavy atom. The molecule has 1 saturated carbocycles. The monoisotopic (exact) mass is 472 g/mol. The summed E-state index contributed by atoms with van der Waals surface area (Å²) < 4.78 is 48.1. The molecule has 2 aromatic carbocycles. The van der Waals surface area contributed by atoms with Crippen LogP contribution in [0, 0.1) is 17.7 Å². The molecule has 0 spiro atoms. The number of hydrogen-bond acceptors (Lipinski definition) is 1. The average Bonchev–Trinajstić information content (AvgIpc) is 2.83. The van der Waals surface area contributed by atoms with Gasteiger partial charge in [-0.1, -0.05) is 94.7 Å². The summed E-state index contributed by atoms with van der Waals surface area (Å²) in [4.78, 5) is 0. The van der Waals surface area contributed by atoms with Crippen LogP contribution in [0.1, 0.15) is 95.6 Å². The van der Waals surface area contributed by atoms with Crippen LogP contribution < -0.4 is 4.74 Å². The third-order valence-corrected chi connectivity index (χ3v) is 7.13. The van der Waals surface area contributed by atoms with E-state index in [0.29, 0.717) is 17.9 Å². The van der Waals surface area contributed by atoms with Gasteiger partial charge in [0.05, 0.1) is 12.2 Å². The van der Waals surface area contributed by atoms with E-state index < -0.39 is 17.8 Å². The number of unbranched alkanes of at least 4 members (excludes halogenated alkanes) is 2. The van der Waals surface area contributed by atoms with Crippen molar-refractivity contribution in [1.82, 2.24) is 0 Å². The summed E-state index contributed by atoms with van der Waals surface area (Å²) in [5.41, 5.74) is 0.493. The van der Waals surface area contributed by atoms with Crippen molar-refractivity contribution in [3.63, 3.8) is 0 Å². The molecule has 0 amide bonds.